The molecule has 0 saturated heterocycles. The molecule has 1 aromatic carbocycles. The van der Waals surface area contributed by atoms with Gasteiger partial charge < -0.3 is 20.5 Å². The fourth-order valence-electron chi connectivity index (χ4n) is 1.79. The summed E-state index contributed by atoms with van der Waals surface area (Å²) in [6, 6.07) is 3.89. The smallest absolute Gasteiger partial charge is 0.145 e. The lowest BCUT2D eigenvalue weighted by Gasteiger charge is -2.16. The van der Waals surface area contributed by atoms with Crippen molar-refractivity contribution in [3.63, 3.8) is 0 Å². The highest BCUT2D eigenvalue weighted by atomic mass is 16.5. The zero-order valence-corrected chi connectivity index (χ0v) is 11.7. The molecule has 4 nitrogen and oxygen atoms in total. The van der Waals surface area contributed by atoms with Crippen LogP contribution in [0.1, 0.15) is 18.9 Å². The van der Waals surface area contributed by atoms with E-state index in [4.69, 9.17) is 15.2 Å². The molecule has 1 aromatic rings. The molecule has 0 bridgehead atoms. The van der Waals surface area contributed by atoms with E-state index in [9.17, 15) is 0 Å². The van der Waals surface area contributed by atoms with E-state index < -0.39 is 0 Å². The van der Waals surface area contributed by atoms with Crippen LogP contribution in [-0.4, -0.2) is 27.3 Å². The van der Waals surface area contributed by atoms with E-state index in [1.54, 1.807) is 14.2 Å². The average Bonchev–Trinajstić information content (AvgIpc) is 2.39. The molecule has 0 heterocycles. The standard InChI is InChI=1S/C14H24N2O2/c1-10(9-15)5-6-16-14-11(2)7-12(17-3)8-13(14)18-4/h7-8,10,16H,5-6,9,15H2,1-4H3. The summed E-state index contributed by atoms with van der Waals surface area (Å²) in [5.41, 5.74) is 7.75. The van der Waals surface area contributed by atoms with Crippen LogP contribution in [0.5, 0.6) is 11.5 Å². The summed E-state index contributed by atoms with van der Waals surface area (Å²) in [6.07, 6.45) is 1.05. The summed E-state index contributed by atoms with van der Waals surface area (Å²) in [6.45, 7) is 5.81. The van der Waals surface area contributed by atoms with Gasteiger partial charge in [0.25, 0.3) is 0 Å². The zero-order valence-electron chi connectivity index (χ0n) is 11.7. The van der Waals surface area contributed by atoms with Crippen LogP contribution in [0.25, 0.3) is 0 Å². The molecular weight excluding hydrogens is 228 g/mol. The summed E-state index contributed by atoms with van der Waals surface area (Å²) in [5, 5.41) is 3.41. The number of aryl methyl sites for hydroxylation is 1. The third kappa shape index (κ3) is 3.81. The number of nitrogens with two attached hydrogens (primary N) is 1. The summed E-state index contributed by atoms with van der Waals surface area (Å²) in [4.78, 5) is 0. The molecule has 0 aliphatic carbocycles. The van der Waals surface area contributed by atoms with Gasteiger partial charge in [-0.3, -0.25) is 0 Å². The molecule has 4 heteroatoms. The van der Waals surface area contributed by atoms with Crippen LogP contribution in [0.2, 0.25) is 0 Å². The van der Waals surface area contributed by atoms with E-state index >= 15 is 0 Å². The molecule has 0 fully saturated rings. The van der Waals surface area contributed by atoms with Gasteiger partial charge in [-0.15, -0.1) is 0 Å². The first-order valence-electron chi connectivity index (χ1n) is 6.29. The number of anilines is 1. The average molecular weight is 252 g/mol. The fraction of sp³-hybridized carbons (Fsp3) is 0.571. The SMILES string of the molecule is COc1cc(C)c(NCCC(C)CN)c(OC)c1. The predicted octanol–water partition coefficient (Wildman–Crippen LogP) is 2.41. The summed E-state index contributed by atoms with van der Waals surface area (Å²) >= 11 is 0. The van der Waals surface area contributed by atoms with E-state index in [1.807, 2.05) is 19.1 Å². The van der Waals surface area contributed by atoms with Crippen LogP contribution in [-0.2, 0) is 0 Å². The Morgan fingerprint density at radius 3 is 2.56 bits per heavy atom. The Balaban J connectivity index is 2.75. The monoisotopic (exact) mass is 252 g/mol. The number of benzene rings is 1. The van der Waals surface area contributed by atoms with Crippen molar-refractivity contribution >= 4 is 5.69 Å². The second kappa shape index (κ2) is 7.11. The maximum Gasteiger partial charge on any atom is 0.145 e. The number of hydrogen-bond donors (Lipinski definition) is 2. The van der Waals surface area contributed by atoms with Crippen molar-refractivity contribution in [1.29, 1.82) is 0 Å². The van der Waals surface area contributed by atoms with Crippen LogP contribution >= 0.6 is 0 Å². The number of hydrogen-bond acceptors (Lipinski definition) is 4. The molecule has 0 aliphatic rings. The maximum atomic E-state index is 5.61. The van der Waals surface area contributed by atoms with Crippen LogP contribution in [0.15, 0.2) is 12.1 Å². The van der Waals surface area contributed by atoms with Crippen molar-refractivity contribution < 1.29 is 9.47 Å². The van der Waals surface area contributed by atoms with Gasteiger partial charge >= 0.3 is 0 Å². The summed E-state index contributed by atoms with van der Waals surface area (Å²) < 4.78 is 10.6. The Bertz CT molecular complexity index is 380. The van der Waals surface area contributed by atoms with E-state index in [1.165, 1.54) is 0 Å². The summed E-state index contributed by atoms with van der Waals surface area (Å²) in [7, 11) is 3.33. The Kier molecular flexibility index (Phi) is 5.78. The predicted molar refractivity (Wildman–Crippen MR) is 75.6 cm³/mol. The molecule has 1 atom stereocenters. The number of ether oxygens (including phenoxy) is 2. The van der Waals surface area contributed by atoms with Gasteiger partial charge in [-0.25, -0.2) is 0 Å². The molecule has 0 spiro atoms. The van der Waals surface area contributed by atoms with Gasteiger partial charge in [-0.2, -0.15) is 0 Å². The van der Waals surface area contributed by atoms with Crippen molar-refractivity contribution in [1.82, 2.24) is 0 Å². The lowest BCUT2D eigenvalue weighted by atomic mass is 10.1. The third-order valence-electron chi connectivity index (χ3n) is 3.07. The third-order valence-corrected chi connectivity index (χ3v) is 3.07. The first kappa shape index (κ1) is 14.6. The molecule has 18 heavy (non-hydrogen) atoms. The van der Waals surface area contributed by atoms with Gasteiger partial charge in [0.1, 0.15) is 11.5 Å². The van der Waals surface area contributed by atoms with Crippen LogP contribution < -0.4 is 20.5 Å². The van der Waals surface area contributed by atoms with Crippen molar-refractivity contribution in [2.24, 2.45) is 11.7 Å². The summed E-state index contributed by atoms with van der Waals surface area (Å²) in [5.74, 6) is 2.15. The minimum Gasteiger partial charge on any atom is -0.497 e. The van der Waals surface area contributed by atoms with Crippen LogP contribution in [0.4, 0.5) is 5.69 Å². The van der Waals surface area contributed by atoms with Gasteiger partial charge in [-0.1, -0.05) is 6.92 Å². The number of methoxy groups -OCH3 is 2. The normalized spacial score (nSPS) is 12.1. The van der Waals surface area contributed by atoms with Gasteiger partial charge in [0.05, 0.1) is 19.9 Å². The van der Waals surface area contributed by atoms with Crippen molar-refractivity contribution in [3.05, 3.63) is 17.7 Å². The molecule has 0 radical (unpaired) electrons. The fourth-order valence-corrected chi connectivity index (χ4v) is 1.79. The molecule has 102 valence electrons. The number of nitrogens with one attached hydrogen (secondary N) is 1. The van der Waals surface area contributed by atoms with E-state index in [0.29, 0.717) is 5.92 Å². The maximum absolute atomic E-state index is 5.61. The highest BCUT2D eigenvalue weighted by Gasteiger charge is 2.09. The molecule has 1 rings (SSSR count). The molecule has 0 aliphatic heterocycles. The number of rotatable bonds is 7. The first-order chi connectivity index (χ1) is 8.62. The first-order valence-corrected chi connectivity index (χ1v) is 6.29. The van der Waals surface area contributed by atoms with Crippen LogP contribution in [0.3, 0.4) is 0 Å². The van der Waals surface area contributed by atoms with E-state index in [0.717, 1.165) is 42.3 Å². The van der Waals surface area contributed by atoms with Crippen molar-refractivity contribution in [3.8, 4) is 11.5 Å². The Morgan fingerprint density at radius 1 is 1.28 bits per heavy atom. The van der Waals surface area contributed by atoms with Gasteiger partial charge in [0.15, 0.2) is 0 Å². The minimum atomic E-state index is 0.530. The van der Waals surface area contributed by atoms with Crippen molar-refractivity contribution in [2.75, 3.05) is 32.6 Å². The highest BCUT2D eigenvalue weighted by molar-refractivity contribution is 5.64. The largest absolute Gasteiger partial charge is 0.497 e. The highest BCUT2D eigenvalue weighted by Crippen LogP contribution is 2.33. The van der Waals surface area contributed by atoms with E-state index in [-0.39, 0.29) is 0 Å². The van der Waals surface area contributed by atoms with Gasteiger partial charge in [0.2, 0.25) is 0 Å². The second-order valence-corrected chi connectivity index (χ2v) is 4.58. The zero-order chi connectivity index (χ0) is 13.5. The van der Waals surface area contributed by atoms with Gasteiger partial charge in [-0.05, 0) is 37.4 Å². The van der Waals surface area contributed by atoms with Gasteiger partial charge in [0, 0.05) is 12.6 Å². The van der Waals surface area contributed by atoms with Crippen molar-refractivity contribution in [2.45, 2.75) is 20.3 Å². The topological polar surface area (TPSA) is 56.5 Å². The lowest BCUT2D eigenvalue weighted by molar-refractivity contribution is 0.395. The molecule has 1 unspecified atom stereocenters. The Hall–Kier alpha value is -1.42. The molecule has 0 saturated carbocycles. The van der Waals surface area contributed by atoms with E-state index in [2.05, 4.69) is 12.2 Å². The lowest BCUT2D eigenvalue weighted by Crippen LogP contribution is -2.15. The quantitative estimate of drug-likeness (QED) is 0.782. The second-order valence-electron chi connectivity index (χ2n) is 4.58. The Labute approximate surface area is 109 Å². The van der Waals surface area contributed by atoms with Crippen LogP contribution in [0, 0.1) is 12.8 Å². The molecular formula is C14H24N2O2. The minimum absolute atomic E-state index is 0.530. The molecule has 0 aromatic heterocycles. The Morgan fingerprint density at radius 2 is 2.00 bits per heavy atom. The molecule has 3 N–H and O–H groups in total. The molecule has 0 amide bonds.